The maximum atomic E-state index is 11.9. The maximum Gasteiger partial charge on any atom is 0.405 e. The molecule has 0 rings (SSSR count). The lowest BCUT2D eigenvalue weighted by molar-refractivity contribution is -0.146. The van der Waals surface area contributed by atoms with Gasteiger partial charge in [-0.2, -0.15) is 0 Å². The van der Waals surface area contributed by atoms with Crippen LogP contribution in [0.4, 0.5) is 4.79 Å². The molecule has 0 aliphatic carbocycles. The van der Waals surface area contributed by atoms with Crippen molar-refractivity contribution in [3.8, 4) is 0 Å². The first-order valence-corrected chi connectivity index (χ1v) is 17.9. The van der Waals surface area contributed by atoms with Crippen molar-refractivity contribution in [2.45, 2.75) is 194 Å². The third-order valence-corrected chi connectivity index (χ3v) is 7.58. The van der Waals surface area contributed by atoms with E-state index in [4.69, 9.17) is 20.3 Å². The molecule has 0 heterocycles. The Labute approximate surface area is 265 Å². The summed E-state index contributed by atoms with van der Waals surface area (Å²) in [7, 11) is 0. The Bertz CT molecular complexity index is 631. The van der Waals surface area contributed by atoms with E-state index in [-0.39, 0.29) is 5.97 Å². The van der Waals surface area contributed by atoms with E-state index in [9.17, 15) is 14.4 Å². The van der Waals surface area contributed by atoms with Gasteiger partial charge in [-0.05, 0) is 25.7 Å². The molecule has 0 aliphatic rings. The molecule has 0 bridgehead atoms. The minimum Gasteiger partial charge on any atom is -0.465 e. The summed E-state index contributed by atoms with van der Waals surface area (Å²) in [6, 6.07) is -1.15. The van der Waals surface area contributed by atoms with Crippen LogP contribution in [0, 0.1) is 0 Å². The van der Waals surface area contributed by atoms with E-state index in [0.717, 1.165) is 57.8 Å². The highest BCUT2D eigenvalue weighted by Crippen LogP contribution is 2.11. The molecule has 0 aromatic carbocycles. The summed E-state index contributed by atoms with van der Waals surface area (Å²) in [5, 5.41) is 11.0. The number of unbranched alkanes of at least 4 members (excludes halogenated alkanes) is 18. The van der Waals surface area contributed by atoms with Gasteiger partial charge >= 0.3 is 18.0 Å². The van der Waals surface area contributed by atoms with Crippen molar-refractivity contribution in [3.05, 3.63) is 0 Å². The number of hydrogen-bond acceptors (Lipinski definition) is 6. The van der Waals surface area contributed by atoms with Gasteiger partial charge in [0.15, 0.2) is 0 Å². The Hall–Kier alpha value is -1.83. The van der Waals surface area contributed by atoms with Crippen molar-refractivity contribution >= 4 is 18.0 Å². The van der Waals surface area contributed by atoms with E-state index in [1.807, 2.05) is 6.92 Å². The summed E-state index contributed by atoms with van der Waals surface area (Å²) in [4.78, 5) is 34.1. The Morgan fingerprint density at radius 2 is 0.884 bits per heavy atom. The highest BCUT2D eigenvalue weighted by molar-refractivity contribution is 5.80. The fourth-order valence-electron chi connectivity index (χ4n) is 4.73. The summed E-state index contributed by atoms with van der Waals surface area (Å²) < 4.78 is 10.4. The van der Waals surface area contributed by atoms with E-state index in [1.54, 1.807) is 0 Å². The van der Waals surface area contributed by atoms with Crippen molar-refractivity contribution in [2.75, 3.05) is 13.2 Å². The summed E-state index contributed by atoms with van der Waals surface area (Å²) in [6.45, 7) is 9.49. The molecule has 0 saturated heterocycles. The molecular formula is C35H70N2O6. The van der Waals surface area contributed by atoms with Gasteiger partial charge in [0.1, 0.15) is 12.1 Å². The van der Waals surface area contributed by atoms with E-state index in [1.165, 1.54) is 89.9 Å². The number of hydrogen-bond donors (Lipinski definition) is 3. The van der Waals surface area contributed by atoms with Crippen LogP contribution >= 0.6 is 0 Å². The molecule has 0 radical (unpaired) electrons. The monoisotopic (exact) mass is 615 g/mol. The molecule has 0 saturated carbocycles. The zero-order valence-electron chi connectivity index (χ0n) is 28.6. The largest absolute Gasteiger partial charge is 0.465 e. The van der Waals surface area contributed by atoms with Gasteiger partial charge < -0.3 is 25.6 Å². The topological polar surface area (TPSA) is 128 Å². The second kappa shape index (κ2) is 34.7. The Morgan fingerprint density at radius 1 is 0.535 bits per heavy atom. The normalized spacial score (nSPS) is 12.1. The van der Waals surface area contributed by atoms with Gasteiger partial charge in [0.05, 0.1) is 13.2 Å². The van der Waals surface area contributed by atoms with Crippen molar-refractivity contribution in [2.24, 2.45) is 5.73 Å². The zero-order valence-corrected chi connectivity index (χ0v) is 28.6. The van der Waals surface area contributed by atoms with Crippen LogP contribution in [0.2, 0.25) is 0 Å². The van der Waals surface area contributed by atoms with Crippen molar-refractivity contribution in [1.29, 1.82) is 0 Å². The third kappa shape index (κ3) is 32.9. The number of ether oxygens (including phenoxy) is 2. The third-order valence-electron chi connectivity index (χ3n) is 7.58. The van der Waals surface area contributed by atoms with E-state index < -0.39 is 24.1 Å². The van der Waals surface area contributed by atoms with Crippen LogP contribution in [-0.4, -0.2) is 48.4 Å². The number of amides is 1. The molecule has 0 aromatic heterocycles. The summed E-state index contributed by atoms with van der Waals surface area (Å²) in [5.41, 5.74) is 5.75. The van der Waals surface area contributed by atoms with Crippen LogP contribution in [0.1, 0.15) is 182 Å². The van der Waals surface area contributed by atoms with Crippen LogP contribution in [0.15, 0.2) is 0 Å². The molecule has 0 aromatic rings. The number of nitrogens with one attached hydrogen (secondary N) is 1. The van der Waals surface area contributed by atoms with Crippen molar-refractivity contribution in [1.82, 2.24) is 5.32 Å². The fraction of sp³-hybridized carbons (Fsp3) is 0.914. The zero-order chi connectivity index (χ0) is 32.4. The van der Waals surface area contributed by atoms with Crippen LogP contribution in [-0.2, 0) is 19.1 Å². The summed E-state index contributed by atoms with van der Waals surface area (Å²) in [5.74, 6) is -0.668. The SMILES string of the molecule is CCCCCCCCCCCOC(=O)C(CCCC)NC(=O)O.CCCCCCCCCCCOC(=O)C(N)CCCC. The lowest BCUT2D eigenvalue weighted by Crippen LogP contribution is -2.41. The second-order valence-electron chi connectivity index (χ2n) is 11.9. The van der Waals surface area contributed by atoms with Gasteiger partial charge in [-0.25, -0.2) is 9.59 Å². The molecule has 2 unspecified atom stereocenters. The first-order valence-electron chi connectivity index (χ1n) is 17.9. The van der Waals surface area contributed by atoms with Crippen LogP contribution in [0.3, 0.4) is 0 Å². The number of carboxylic acid groups (broad SMARTS) is 1. The van der Waals surface area contributed by atoms with Crippen molar-refractivity contribution in [3.63, 3.8) is 0 Å². The fourth-order valence-corrected chi connectivity index (χ4v) is 4.73. The summed E-state index contributed by atoms with van der Waals surface area (Å²) >= 11 is 0. The minimum absolute atomic E-state index is 0.224. The first-order chi connectivity index (χ1) is 20.8. The predicted octanol–water partition coefficient (Wildman–Crippen LogP) is 9.46. The molecule has 0 fully saturated rings. The summed E-state index contributed by atoms with van der Waals surface area (Å²) in [6.07, 6.45) is 26.2. The second-order valence-corrected chi connectivity index (χ2v) is 11.9. The molecule has 0 spiro atoms. The standard InChI is InChI=1S/C18H35NO4.C17H35NO2/c1-3-5-7-8-9-10-11-12-13-15-23-17(20)16(14-6-4-2)19-18(21)22;1-3-5-7-8-9-10-11-12-13-15-20-17(19)16(18)14-6-4-2/h16,19H,3-15H2,1-2H3,(H,21,22);16H,3-15,18H2,1-2H3. The molecule has 1 amide bonds. The van der Waals surface area contributed by atoms with Gasteiger partial charge in [0.25, 0.3) is 0 Å². The van der Waals surface area contributed by atoms with E-state index in [2.05, 4.69) is 26.1 Å². The van der Waals surface area contributed by atoms with Crippen LogP contribution in [0.5, 0.6) is 0 Å². The lowest BCUT2D eigenvalue weighted by Gasteiger charge is -2.15. The van der Waals surface area contributed by atoms with E-state index >= 15 is 0 Å². The number of esters is 2. The average molecular weight is 615 g/mol. The van der Waals surface area contributed by atoms with Gasteiger partial charge in [-0.15, -0.1) is 0 Å². The first kappa shape index (κ1) is 43.3. The molecule has 43 heavy (non-hydrogen) atoms. The van der Waals surface area contributed by atoms with Crippen molar-refractivity contribution < 1.29 is 29.0 Å². The van der Waals surface area contributed by atoms with Crippen LogP contribution < -0.4 is 11.1 Å². The maximum absolute atomic E-state index is 11.9. The highest BCUT2D eigenvalue weighted by atomic mass is 16.5. The Morgan fingerprint density at radius 3 is 1.28 bits per heavy atom. The molecular weight excluding hydrogens is 544 g/mol. The highest BCUT2D eigenvalue weighted by Gasteiger charge is 2.21. The molecule has 8 nitrogen and oxygen atoms in total. The molecule has 0 aliphatic heterocycles. The molecule has 8 heteroatoms. The smallest absolute Gasteiger partial charge is 0.405 e. The van der Waals surface area contributed by atoms with Gasteiger partial charge in [0.2, 0.25) is 0 Å². The predicted molar refractivity (Wildman–Crippen MR) is 178 cm³/mol. The van der Waals surface area contributed by atoms with Gasteiger partial charge in [-0.3, -0.25) is 4.79 Å². The molecule has 256 valence electrons. The number of rotatable bonds is 29. The Balaban J connectivity index is 0. The van der Waals surface area contributed by atoms with Crippen LogP contribution in [0.25, 0.3) is 0 Å². The number of carbonyl (C=O) groups is 3. The lowest BCUT2D eigenvalue weighted by atomic mass is 10.1. The molecule has 2 atom stereocenters. The van der Waals surface area contributed by atoms with E-state index in [0.29, 0.717) is 19.6 Å². The Kier molecular flexibility index (Phi) is 34.9. The average Bonchev–Trinajstić information content (AvgIpc) is 2.99. The number of carbonyl (C=O) groups excluding carboxylic acids is 2. The van der Waals surface area contributed by atoms with Gasteiger partial charge in [-0.1, -0.05) is 156 Å². The van der Waals surface area contributed by atoms with Gasteiger partial charge in [0, 0.05) is 0 Å². The number of nitrogens with two attached hydrogens (primary N) is 1. The quantitative estimate of drug-likeness (QED) is 0.0565. The molecule has 4 N–H and O–H groups in total. The minimum atomic E-state index is -1.17.